The summed E-state index contributed by atoms with van der Waals surface area (Å²) in [4.78, 5) is 45.8. The van der Waals surface area contributed by atoms with Crippen molar-refractivity contribution >= 4 is 56.5 Å². The van der Waals surface area contributed by atoms with Gasteiger partial charge < -0.3 is 20.7 Å². The molecule has 2 atom stereocenters. The van der Waals surface area contributed by atoms with Gasteiger partial charge in [-0.15, -0.1) is 11.3 Å². The lowest BCUT2D eigenvalue weighted by Gasteiger charge is -2.31. The predicted octanol–water partition coefficient (Wildman–Crippen LogP) is 5.42. The third-order valence-corrected chi connectivity index (χ3v) is 7.87. The number of thiophene rings is 1. The number of anilines is 3. The fraction of sp³-hybridized carbons (Fsp3) is 0.357. The Balaban J connectivity index is 1.43. The Labute approximate surface area is 225 Å². The van der Waals surface area contributed by atoms with Crippen LogP contribution >= 0.6 is 11.3 Å². The van der Waals surface area contributed by atoms with Gasteiger partial charge in [-0.2, -0.15) is 0 Å². The van der Waals surface area contributed by atoms with Crippen LogP contribution in [0.4, 0.5) is 21.9 Å². The summed E-state index contributed by atoms with van der Waals surface area (Å²) in [6, 6.07) is 6.99. The van der Waals surface area contributed by atoms with E-state index in [1.807, 2.05) is 39.0 Å². The lowest BCUT2D eigenvalue weighted by molar-refractivity contribution is -0.117. The number of aryl methyl sites for hydroxylation is 1. The standard InChI is InChI=1S/C28H31N5O4S/c1-5-22(34)30-17-7-6-8-18(14-17)31-26(35)25-24-23-21(11-12-29-27(23)38-25)33(28(36)32-24)20-10-9-19(13-16(20)4)37-15(2)3/h5,9-13,15,17-18H,1,6-8,14H2,2-4H3,(H,30,34)(H,31,35)(H,32,36)/t17-,18-/m1/s1. The molecule has 2 aromatic heterocycles. The smallest absolute Gasteiger partial charge is 0.331 e. The Bertz CT molecular complexity index is 1430. The number of benzene rings is 1. The average Bonchev–Trinajstić information content (AvgIpc) is 3.24. The van der Waals surface area contributed by atoms with Crippen LogP contribution in [0.25, 0.3) is 10.2 Å². The van der Waals surface area contributed by atoms with E-state index < -0.39 is 0 Å². The van der Waals surface area contributed by atoms with Crippen LogP contribution in [0.5, 0.6) is 5.75 Å². The SMILES string of the molecule is C=CC(=O)N[C@@H]1CCC[C@@H](NC(=O)c2sc3nccc4c3c2NC(=O)N4c2ccc(OC(C)C)cc2C)C1. The van der Waals surface area contributed by atoms with Gasteiger partial charge in [0.25, 0.3) is 5.91 Å². The summed E-state index contributed by atoms with van der Waals surface area (Å²) in [7, 11) is 0. The fourth-order valence-electron chi connectivity index (χ4n) is 5.17. The Kier molecular flexibility index (Phi) is 7.07. The number of aromatic nitrogens is 1. The van der Waals surface area contributed by atoms with E-state index in [0.717, 1.165) is 41.6 Å². The second-order valence-corrected chi connectivity index (χ2v) is 10.9. The fourth-order valence-corrected chi connectivity index (χ4v) is 6.19. The van der Waals surface area contributed by atoms with E-state index in [1.165, 1.54) is 17.4 Å². The first-order valence-electron chi connectivity index (χ1n) is 12.8. The molecular weight excluding hydrogens is 502 g/mol. The highest BCUT2D eigenvalue weighted by molar-refractivity contribution is 7.21. The van der Waals surface area contributed by atoms with Crippen molar-refractivity contribution < 1.29 is 19.1 Å². The molecule has 0 unspecified atom stereocenters. The maximum absolute atomic E-state index is 13.4. The van der Waals surface area contributed by atoms with Gasteiger partial charge in [0.1, 0.15) is 15.5 Å². The van der Waals surface area contributed by atoms with E-state index in [4.69, 9.17) is 4.74 Å². The van der Waals surface area contributed by atoms with E-state index in [0.29, 0.717) is 27.5 Å². The molecule has 198 valence electrons. The van der Waals surface area contributed by atoms with Crippen molar-refractivity contribution in [2.45, 2.75) is 64.6 Å². The highest BCUT2D eigenvalue weighted by atomic mass is 32.1. The maximum Gasteiger partial charge on any atom is 0.331 e. The summed E-state index contributed by atoms with van der Waals surface area (Å²) in [5, 5.41) is 9.73. The number of pyridine rings is 1. The third kappa shape index (κ3) is 4.96. The number of amides is 4. The Morgan fingerprint density at radius 3 is 2.68 bits per heavy atom. The summed E-state index contributed by atoms with van der Waals surface area (Å²) in [5.41, 5.74) is 2.77. The zero-order chi connectivity index (χ0) is 27.0. The Morgan fingerprint density at radius 1 is 1.21 bits per heavy atom. The monoisotopic (exact) mass is 533 g/mol. The summed E-state index contributed by atoms with van der Waals surface area (Å²) in [6.07, 6.45) is 6.19. The van der Waals surface area contributed by atoms with Crippen molar-refractivity contribution in [2.75, 3.05) is 10.2 Å². The van der Waals surface area contributed by atoms with Gasteiger partial charge in [-0.1, -0.05) is 6.58 Å². The van der Waals surface area contributed by atoms with Gasteiger partial charge >= 0.3 is 6.03 Å². The van der Waals surface area contributed by atoms with Crippen molar-refractivity contribution in [1.29, 1.82) is 0 Å². The molecule has 3 aromatic rings. The highest BCUT2D eigenvalue weighted by Crippen LogP contribution is 2.46. The van der Waals surface area contributed by atoms with Crippen molar-refractivity contribution in [1.82, 2.24) is 15.6 Å². The first-order valence-corrected chi connectivity index (χ1v) is 13.6. The van der Waals surface area contributed by atoms with Crippen LogP contribution in [0.15, 0.2) is 43.1 Å². The Hall–Kier alpha value is -3.92. The van der Waals surface area contributed by atoms with E-state index in [9.17, 15) is 14.4 Å². The van der Waals surface area contributed by atoms with Crippen LogP contribution in [0.1, 0.15) is 54.8 Å². The number of carbonyl (C=O) groups is 3. The molecule has 0 saturated heterocycles. The normalized spacial score (nSPS) is 18.7. The predicted molar refractivity (Wildman–Crippen MR) is 150 cm³/mol. The first-order chi connectivity index (χ1) is 18.2. The van der Waals surface area contributed by atoms with Crippen LogP contribution < -0.4 is 25.6 Å². The molecule has 2 aliphatic rings. The van der Waals surface area contributed by atoms with Gasteiger partial charge in [0, 0.05) is 18.3 Å². The summed E-state index contributed by atoms with van der Waals surface area (Å²) < 4.78 is 5.80. The second kappa shape index (κ2) is 10.4. The number of hydrogen-bond acceptors (Lipinski definition) is 6. The van der Waals surface area contributed by atoms with Gasteiger partial charge in [0.15, 0.2) is 0 Å². The molecule has 5 rings (SSSR count). The molecule has 0 spiro atoms. The minimum Gasteiger partial charge on any atom is -0.491 e. The number of nitrogens with one attached hydrogen (secondary N) is 3. The molecule has 0 bridgehead atoms. The summed E-state index contributed by atoms with van der Waals surface area (Å²) >= 11 is 1.26. The van der Waals surface area contributed by atoms with E-state index >= 15 is 0 Å². The molecule has 38 heavy (non-hydrogen) atoms. The van der Waals surface area contributed by atoms with Gasteiger partial charge in [0.05, 0.1) is 28.6 Å². The quantitative estimate of drug-likeness (QED) is 0.351. The van der Waals surface area contributed by atoms with Crippen LogP contribution in [0, 0.1) is 6.92 Å². The topological polar surface area (TPSA) is 113 Å². The molecule has 1 aliphatic carbocycles. The largest absolute Gasteiger partial charge is 0.491 e. The molecule has 1 fully saturated rings. The number of carbonyl (C=O) groups excluding carboxylic acids is 3. The van der Waals surface area contributed by atoms with Crippen molar-refractivity contribution in [3.63, 3.8) is 0 Å². The van der Waals surface area contributed by atoms with Gasteiger partial charge in [-0.25, -0.2) is 9.78 Å². The second-order valence-electron chi connectivity index (χ2n) is 9.94. The van der Waals surface area contributed by atoms with E-state index in [2.05, 4.69) is 27.5 Å². The highest BCUT2D eigenvalue weighted by Gasteiger charge is 2.34. The molecule has 9 nitrogen and oxygen atoms in total. The van der Waals surface area contributed by atoms with Crippen molar-refractivity contribution in [3.8, 4) is 5.75 Å². The van der Waals surface area contributed by atoms with Crippen molar-refractivity contribution in [2.24, 2.45) is 0 Å². The number of rotatable bonds is 7. The van der Waals surface area contributed by atoms with Crippen LogP contribution in [0.2, 0.25) is 0 Å². The molecule has 4 amide bonds. The van der Waals surface area contributed by atoms with Crippen LogP contribution in [0.3, 0.4) is 0 Å². The summed E-state index contributed by atoms with van der Waals surface area (Å²) in [6.45, 7) is 9.37. The zero-order valence-electron chi connectivity index (χ0n) is 21.7. The van der Waals surface area contributed by atoms with Gasteiger partial charge in [-0.05, 0) is 82.4 Å². The van der Waals surface area contributed by atoms with E-state index in [-0.39, 0.29) is 36.0 Å². The molecule has 1 aromatic carbocycles. The van der Waals surface area contributed by atoms with Crippen LogP contribution in [-0.4, -0.2) is 41.0 Å². The average molecular weight is 534 g/mol. The summed E-state index contributed by atoms with van der Waals surface area (Å²) in [5.74, 6) is 0.275. The molecule has 3 N–H and O–H groups in total. The third-order valence-electron chi connectivity index (χ3n) is 6.77. The van der Waals surface area contributed by atoms with E-state index in [1.54, 1.807) is 17.2 Å². The molecule has 0 radical (unpaired) electrons. The first kappa shape index (κ1) is 25.7. The van der Waals surface area contributed by atoms with Gasteiger partial charge in [-0.3, -0.25) is 14.5 Å². The minimum atomic E-state index is -0.344. The minimum absolute atomic E-state index is 0.0117. The molecule has 1 aliphatic heterocycles. The molecule has 10 heteroatoms. The Morgan fingerprint density at radius 2 is 1.97 bits per heavy atom. The van der Waals surface area contributed by atoms with Crippen molar-refractivity contribution in [3.05, 3.63) is 53.6 Å². The molecule has 1 saturated carbocycles. The number of urea groups is 1. The number of hydrogen-bond donors (Lipinski definition) is 3. The molecular formula is C28H31N5O4S. The lowest BCUT2D eigenvalue weighted by atomic mass is 9.91. The lowest BCUT2D eigenvalue weighted by Crippen LogP contribution is -2.45. The molecule has 3 heterocycles. The number of nitrogens with zero attached hydrogens (tertiary/aromatic N) is 2. The van der Waals surface area contributed by atoms with Gasteiger partial charge in [0.2, 0.25) is 5.91 Å². The maximum atomic E-state index is 13.4. The number of ether oxygens (including phenoxy) is 1. The van der Waals surface area contributed by atoms with Crippen LogP contribution in [-0.2, 0) is 4.79 Å². The zero-order valence-corrected chi connectivity index (χ0v) is 22.5.